The number of rotatable bonds is 7. The van der Waals surface area contributed by atoms with Crippen LogP contribution >= 0.6 is 80.3 Å². The van der Waals surface area contributed by atoms with Crippen LogP contribution in [0, 0.1) is 3.70 Å². The summed E-state index contributed by atoms with van der Waals surface area (Å²) < 4.78 is 7.54. The van der Waals surface area contributed by atoms with Gasteiger partial charge in [-0.15, -0.1) is 40.8 Å². The van der Waals surface area contributed by atoms with Crippen LogP contribution in [0.25, 0.3) is 117 Å². The minimum absolute atomic E-state index is 0.537. The molecule has 0 fully saturated rings. The zero-order valence-electron chi connectivity index (χ0n) is 45.7. The maximum Gasteiger partial charge on any atom is 0.182 e. The van der Waals surface area contributed by atoms with E-state index in [-0.39, 0.29) is 0 Å². The fourth-order valence-electron chi connectivity index (χ4n) is 9.90. The molecule has 0 saturated heterocycles. The van der Waals surface area contributed by atoms with E-state index in [4.69, 9.17) is 46.4 Å². The van der Waals surface area contributed by atoms with Gasteiger partial charge in [0.25, 0.3) is 0 Å². The van der Waals surface area contributed by atoms with Crippen molar-refractivity contribution in [1.82, 2.24) is 84.9 Å². The van der Waals surface area contributed by atoms with Gasteiger partial charge in [0.15, 0.2) is 22.6 Å². The lowest BCUT2D eigenvalue weighted by molar-refractivity contribution is 0.779. The fourth-order valence-corrected chi connectivity index (χ4v) is 12.1. The SMILES string of the molecule is Cn1nc(-c2ccccc2)c2c(Cl)c(-c3cccnc3)nnc21.Cn1nc(-c2ccccc2)c2c(Cl)c(-c3ccsc3)nnc21.Cn1nc(-c2ccccc2)c2c(Cl)c(C3=CCCC3)nnc21.Cn1nc(-c2ccccc2)c2c(Cl)c(I)nnc21. The highest BCUT2D eigenvalue weighted by molar-refractivity contribution is 14.1. The molecule has 15 rings (SSSR count). The van der Waals surface area contributed by atoms with Gasteiger partial charge in [0, 0.05) is 79.3 Å². The second kappa shape index (κ2) is 25.0. The van der Waals surface area contributed by atoms with Crippen molar-refractivity contribution in [2.75, 3.05) is 0 Å². The number of allylic oxidation sites excluding steroid dienone is 2. The number of thiophene rings is 1. The molecule has 0 radical (unpaired) electrons. The Hall–Kier alpha value is -8.44. The van der Waals surface area contributed by atoms with Crippen molar-refractivity contribution < 1.29 is 0 Å². The topological polar surface area (TPSA) is 187 Å². The smallest absolute Gasteiger partial charge is 0.182 e. The van der Waals surface area contributed by atoms with Crippen LogP contribution in [-0.4, -0.2) is 84.9 Å². The lowest BCUT2D eigenvalue weighted by atomic mass is 10.1. The Morgan fingerprint density at radius 3 is 1.15 bits per heavy atom. The van der Waals surface area contributed by atoms with Crippen LogP contribution in [0.3, 0.4) is 0 Å². The summed E-state index contributed by atoms with van der Waals surface area (Å²) in [5.41, 5.74) is 15.2. The van der Waals surface area contributed by atoms with Crippen LogP contribution < -0.4 is 0 Å². The van der Waals surface area contributed by atoms with Crippen molar-refractivity contribution in [3.8, 4) is 67.5 Å². The van der Waals surface area contributed by atoms with E-state index in [1.54, 1.807) is 42.5 Å². The van der Waals surface area contributed by atoms with E-state index in [0.717, 1.165) is 103 Å². The molecule has 10 heterocycles. The molecule has 0 unspecified atom stereocenters. The van der Waals surface area contributed by atoms with Gasteiger partial charge >= 0.3 is 0 Å². The Bertz CT molecular complexity index is 4730. The van der Waals surface area contributed by atoms with Gasteiger partial charge < -0.3 is 0 Å². The Morgan fingerprint density at radius 1 is 0.400 bits per heavy atom. The summed E-state index contributed by atoms with van der Waals surface area (Å²) in [6.45, 7) is 0. The number of fused-ring (bicyclic) bond motifs is 4. The van der Waals surface area contributed by atoms with Crippen LogP contribution in [-0.2, 0) is 28.2 Å². The predicted octanol–water partition coefficient (Wildman–Crippen LogP) is 15.7. The summed E-state index contributed by atoms with van der Waals surface area (Å²) in [5.74, 6) is 0. The molecule has 85 heavy (non-hydrogen) atoms. The molecule has 4 aromatic carbocycles. The summed E-state index contributed by atoms with van der Waals surface area (Å²) >= 11 is 30.0. The van der Waals surface area contributed by atoms with Crippen LogP contribution in [0.5, 0.6) is 0 Å². The minimum atomic E-state index is 0.537. The molecular formula is C62H46Cl4IN17S. The van der Waals surface area contributed by atoms with E-state index in [0.29, 0.717) is 57.8 Å². The van der Waals surface area contributed by atoms with Crippen LogP contribution in [0.1, 0.15) is 25.0 Å². The maximum absolute atomic E-state index is 6.69. The Balaban J connectivity index is 0.000000112. The van der Waals surface area contributed by atoms with E-state index < -0.39 is 0 Å². The zero-order valence-corrected chi connectivity index (χ0v) is 51.7. The third kappa shape index (κ3) is 11.4. The van der Waals surface area contributed by atoms with E-state index in [1.807, 2.05) is 178 Å². The van der Waals surface area contributed by atoms with Gasteiger partial charge in [-0.25, -0.2) is 18.7 Å². The standard InChI is InChI=1S/C17H12ClN5.C17H15ClN4.C16H11ClN4S.C12H8ClIN4/c1-23-17-13(15(22-23)11-6-3-2-4-7-11)14(18)16(20-21-17)12-8-5-9-19-10-12;1-22-17-13(15(21-22)11-7-3-2-4-8-11)14(18)16(19-20-17)12-9-5-6-10-12;1-21-16-12(14(20-21)10-5-3-2-4-6-10)13(17)15(18-19-16)11-7-8-22-9-11;1-18-12-8(9(13)11(14)15-16-12)10(17-18)7-5-3-2-4-6-7/h2-10H,1H3;2-4,7-9H,5-6,10H2,1H3;2-9H,1H3;2-6H,1H3. The molecule has 0 amide bonds. The summed E-state index contributed by atoms with van der Waals surface area (Å²) in [5, 5.41) is 62.0. The first-order valence-electron chi connectivity index (χ1n) is 26.5. The van der Waals surface area contributed by atoms with Gasteiger partial charge in [-0.3, -0.25) is 4.98 Å². The number of benzene rings is 4. The first-order valence-corrected chi connectivity index (χ1v) is 30.0. The predicted molar refractivity (Wildman–Crippen MR) is 348 cm³/mol. The monoisotopic (exact) mass is 1330 g/mol. The molecule has 1 aliphatic carbocycles. The van der Waals surface area contributed by atoms with E-state index >= 15 is 0 Å². The molecule has 0 atom stereocenters. The molecule has 0 saturated carbocycles. The van der Waals surface area contributed by atoms with E-state index in [2.05, 4.69) is 94.8 Å². The molecular weight excluding hydrogens is 1280 g/mol. The molecule has 0 bridgehead atoms. The van der Waals surface area contributed by atoms with Crippen LogP contribution in [0.15, 0.2) is 169 Å². The van der Waals surface area contributed by atoms with Crippen molar-refractivity contribution in [3.63, 3.8) is 0 Å². The lowest BCUT2D eigenvalue weighted by Gasteiger charge is -2.05. The molecule has 1 aliphatic rings. The number of pyridine rings is 1. The second-order valence-electron chi connectivity index (χ2n) is 19.4. The molecule has 23 heteroatoms. The summed E-state index contributed by atoms with van der Waals surface area (Å²) in [6.07, 6.45) is 8.90. The highest BCUT2D eigenvalue weighted by atomic mass is 127. The van der Waals surface area contributed by atoms with Gasteiger partial charge in [0.05, 0.1) is 41.6 Å². The first kappa shape index (κ1) is 57.0. The number of aromatic nitrogens is 17. The lowest BCUT2D eigenvalue weighted by Crippen LogP contribution is -1.97. The number of hydrogen-bond donors (Lipinski definition) is 0. The van der Waals surface area contributed by atoms with Crippen LogP contribution in [0.4, 0.5) is 0 Å². The van der Waals surface area contributed by atoms with Crippen molar-refractivity contribution in [3.05, 3.63) is 198 Å². The highest BCUT2D eigenvalue weighted by Crippen LogP contribution is 2.41. The molecule has 0 spiro atoms. The van der Waals surface area contributed by atoms with Crippen molar-refractivity contribution in [2.45, 2.75) is 19.3 Å². The van der Waals surface area contributed by atoms with Gasteiger partial charge in [0.2, 0.25) is 0 Å². The molecule has 14 aromatic rings. The van der Waals surface area contributed by atoms with Gasteiger partial charge in [-0.05, 0) is 71.0 Å². The van der Waals surface area contributed by atoms with E-state index in [9.17, 15) is 0 Å². The van der Waals surface area contributed by atoms with Gasteiger partial charge in [-0.1, -0.05) is 174 Å². The first-order chi connectivity index (χ1) is 41.4. The quantitative estimate of drug-likeness (QED) is 0.137. The second-order valence-corrected chi connectivity index (χ2v) is 22.7. The van der Waals surface area contributed by atoms with Crippen molar-refractivity contribution >= 4 is 130 Å². The van der Waals surface area contributed by atoms with Crippen LogP contribution in [0.2, 0.25) is 20.1 Å². The third-order valence-corrected chi connectivity index (χ3v) is 17.2. The number of nitrogens with zero attached hydrogens (tertiary/aromatic N) is 17. The summed E-state index contributed by atoms with van der Waals surface area (Å²) in [7, 11) is 7.40. The molecule has 0 aliphatic heterocycles. The summed E-state index contributed by atoms with van der Waals surface area (Å²) in [6, 6.07) is 45.6. The summed E-state index contributed by atoms with van der Waals surface area (Å²) in [4.78, 5) is 4.12. The molecule has 10 aromatic heterocycles. The Morgan fingerprint density at radius 2 is 0.776 bits per heavy atom. The normalized spacial score (nSPS) is 12.0. The average Bonchev–Trinajstić information content (AvgIpc) is 2.51. The van der Waals surface area contributed by atoms with Crippen molar-refractivity contribution in [1.29, 1.82) is 0 Å². The third-order valence-electron chi connectivity index (χ3n) is 14.0. The van der Waals surface area contributed by atoms with Gasteiger partial charge in [-0.2, -0.15) is 31.7 Å². The average molecular weight is 1330 g/mol. The molecule has 0 N–H and O–H groups in total. The van der Waals surface area contributed by atoms with Crippen molar-refractivity contribution in [2.24, 2.45) is 28.2 Å². The van der Waals surface area contributed by atoms with Gasteiger partial charge in [0.1, 0.15) is 43.6 Å². The molecule has 420 valence electrons. The Labute approximate surface area is 524 Å². The van der Waals surface area contributed by atoms with E-state index in [1.165, 1.54) is 5.57 Å². The molecule has 17 nitrogen and oxygen atoms in total. The fraction of sp³-hybridized carbons (Fsp3) is 0.113. The maximum atomic E-state index is 6.69. The zero-order chi connectivity index (χ0) is 58.7. The largest absolute Gasteiger partial charge is 0.264 e. The highest BCUT2D eigenvalue weighted by Gasteiger charge is 2.24. The number of hydrogen-bond acceptors (Lipinski definition) is 14. The number of aryl methyl sites for hydroxylation is 4. The number of halogens is 5. The Kier molecular flexibility index (Phi) is 16.8. The minimum Gasteiger partial charge on any atom is -0.264 e.